The second-order valence-electron chi connectivity index (χ2n) is 11.2. The maximum atomic E-state index is 14.7. The maximum Gasteiger partial charge on any atom is 0.251 e. The smallest absolute Gasteiger partial charge is 0.251 e. The minimum absolute atomic E-state index is 0.0795. The predicted octanol–water partition coefficient (Wildman–Crippen LogP) is 2.38. The molecule has 3 aliphatic heterocycles. The van der Waals surface area contributed by atoms with Gasteiger partial charge in [-0.3, -0.25) is 9.59 Å². The molecule has 0 saturated carbocycles. The Hall–Kier alpha value is -2.31. The van der Waals surface area contributed by atoms with E-state index in [1.807, 2.05) is 17.5 Å². The van der Waals surface area contributed by atoms with Crippen LogP contribution in [0.15, 0.2) is 29.6 Å². The summed E-state index contributed by atoms with van der Waals surface area (Å²) < 4.78 is 20.3. The van der Waals surface area contributed by atoms with Crippen molar-refractivity contribution >= 4 is 39.9 Å². The van der Waals surface area contributed by atoms with Gasteiger partial charge in [-0.2, -0.15) is 0 Å². The zero-order chi connectivity index (χ0) is 27.9. The second kappa shape index (κ2) is 11.3. The molecule has 9 nitrogen and oxygen atoms in total. The predicted molar refractivity (Wildman–Crippen MR) is 149 cm³/mol. The van der Waals surface area contributed by atoms with Gasteiger partial charge in [0.1, 0.15) is 17.8 Å². The molecule has 0 radical (unpaired) electrons. The van der Waals surface area contributed by atoms with Crippen LogP contribution in [0, 0.1) is 0 Å². The molecule has 0 bridgehead atoms. The number of likely N-dealkylation sites (tertiary alicyclic amines) is 1. The standard InChI is InChI=1S/C27H35ClFN5O4S/c1-27(2,29)12-19(25(37)34-13-18(28)23-22(34)21(35)14-38-23)30-24(36)17-6-4-16(5-7-17)20-15-39-26(31-20)33-10-8-32(3)9-11-33/h4-7,15,18-19,21-23,35H,8-14H2,1-3H3,(H,30,36)/t18-,19+,21+,22-,23?/m1/s1. The van der Waals surface area contributed by atoms with E-state index in [2.05, 4.69) is 22.2 Å². The molecule has 2 aromatic rings. The fourth-order valence-electron chi connectivity index (χ4n) is 5.44. The summed E-state index contributed by atoms with van der Waals surface area (Å²) >= 11 is 7.97. The Balaban J connectivity index is 1.27. The zero-order valence-corrected chi connectivity index (χ0v) is 23.9. The summed E-state index contributed by atoms with van der Waals surface area (Å²) in [7, 11) is 2.12. The minimum atomic E-state index is -1.71. The number of likely N-dealkylation sites (N-methyl/N-ethyl adjacent to an activating group) is 1. The average Bonchev–Trinajstić information content (AvgIpc) is 3.61. The molecule has 39 heavy (non-hydrogen) atoms. The van der Waals surface area contributed by atoms with Crippen LogP contribution in [0.3, 0.4) is 0 Å². The van der Waals surface area contributed by atoms with Crippen molar-refractivity contribution in [3.05, 3.63) is 35.2 Å². The number of nitrogens with zero attached hydrogens (tertiary/aromatic N) is 4. The van der Waals surface area contributed by atoms with E-state index in [9.17, 15) is 19.1 Å². The van der Waals surface area contributed by atoms with Crippen molar-refractivity contribution in [2.75, 3.05) is 51.3 Å². The number of carbonyl (C=O) groups is 2. The van der Waals surface area contributed by atoms with E-state index in [1.165, 1.54) is 18.7 Å². The highest BCUT2D eigenvalue weighted by molar-refractivity contribution is 7.14. The first kappa shape index (κ1) is 28.2. The highest BCUT2D eigenvalue weighted by Gasteiger charge is 2.52. The number of aliphatic hydroxyl groups is 1. The molecule has 3 saturated heterocycles. The average molecular weight is 580 g/mol. The quantitative estimate of drug-likeness (QED) is 0.486. The number of anilines is 1. The topological polar surface area (TPSA) is 98.2 Å². The lowest BCUT2D eigenvalue weighted by Crippen LogP contribution is -2.54. The Bertz CT molecular complexity index is 1180. The molecule has 3 aliphatic rings. The fourth-order valence-corrected chi connectivity index (χ4v) is 6.70. The number of aromatic nitrogens is 1. The number of aliphatic hydroxyl groups excluding tert-OH is 1. The Kier molecular flexibility index (Phi) is 8.17. The normalized spacial score (nSPS) is 26.5. The molecule has 3 fully saturated rings. The maximum absolute atomic E-state index is 14.7. The van der Waals surface area contributed by atoms with Gasteiger partial charge in [0.25, 0.3) is 5.91 Å². The Morgan fingerprint density at radius 3 is 2.62 bits per heavy atom. The molecule has 1 aromatic heterocycles. The fraction of sp³-hybridized carbons (Fsp3) is 0.593. The zero-order valence-electron chi connectivity index (χ0n) is 22.3. The molecule has 5 atom stereocenters. The van der Waals surface area contributed by atoms with Crippen LogP contribution in [0.5, 0.6) is 0 Å². The number of nitrogens with one attached hydrogen (secondary N) is 1. The first-order chi connectivity index (χ1) is 18.5. The van der Waals surface area contributed by atoms with E-state index in [-0.39, 0.29) is 19.6 Å². The molecule has 2 N–H and O–H groups in total. The number of rotatable bonds is 7. The lowest BCUT2D eigenvalue weighted by atomic mass is 9.98. The summed E-state index contributed by atoms with van der Waals surface area (Å²) in [6, 6.07) is 5.26. The van der Waals surface area contributed by atoms with Gasteiger partial charge in [0.15, 0.2) is 5.13 Å². The van der Waals surface area contributed by atoms with Crippen LogP contribution in [0.4, 0.5) is 9.52 Å². The number of ether oxygens (including phenoxy) is 1. The summed E-state index contributed by atoms with van der Waals surface area (Å²) in [4.78, 5) is 37.5. The van der Waals surface area contributed by atoms with Crippen LogP contribution < -0.4 is 10.2 Å². The monoisotopic (exact) mass is 579 g/mol. The van der Waals surface area contributed by atoms with Crippen LogP contribution in [-0.4, -0.2) is 113 Å². The molecule has 212 valence electrons. The molecule has 0 spiro atoms. The van der Waals surface area contributed by atoms with Gasteiger partial charge in [-0.05, 0) is 33.0 Å². The van der Waals surface area contributed by atoms with Crippen molar-refractivity contribution in [3.63, 3.8) is 0 Å². The minimum Gasteiger partial charge on any atom is -0.388 e. The molecule has 4 heterocycles. The Labute approximate surface area is 236 Å². The van der Waals surface area contributed by atoms with Crippen molar-refractivity contribution < 1.29 is 23.8 Å². The number of piperazine rings is 1. The van der Waals surface area contributed by atoms with Crippen molar-refractivity contribution in [2.24, 2.45) is 0 Å². The SMILES string of the molecule is CN1CCN(c2nc(-c3ccc(C(=O)N[C@@H](CC(C)(C)F)C(=O)N4C[C@@H](Cl)C5OC[C@H](O)[C@H]54)cc3)cs2)CC1. The number of halogens is 2. The van der Waals surface area contributed by atoms with Crippen LogP contribution in [0.2, 0.25) is 0 Å². The number of amides is 2. The molecular weight excluding hydrogens is 545 g/mol. The molecule has 5 rings (SSSR count). The number of fused-ring (bicyclic) bond motifs is 1. The Morgan fingerprint density at radius 1 is 1.26 bits per heavy atom. The molecule has 2 amide bonds. The Morgan fingerprint density at radius 2 is 1.95 bits per heavy atom. The third kappa shape index (κ3) is 6.22. The van der Waals surface area contributed by atoms with Crippen molar-refractivity contribution in [3.8, 4) is 11.3 Å². The third-order valence-electron chi connectivity index (χ3n) is 7.56. The number of hydrogen-bond donors (Lipinski definition) is 2. The molecule has 1 unspecified atom stereocenters. The van der Waals surface area contributed by atoms with Gasteiger partial charge >= 0.3 is 0 Å². The van der Waals surface area contributed by atoms with Crippen LogP contribution in [0.1, 0.15) is 30.6 Å². The highest BCUT2D eigenvalue weighted by atomic mass is 35.5. The van der Waals surface area contributed by atoms with E-state index in [0.717, 1.165) is 42.6 Å². The largest absolute Gasteiger partial charge is 0.388 e. The number of alkyl halides is 2. The lowest BCUT2D eigenvalue weighted by molar-refractivity contribution is -0.136. The number of carbonyl (C=O) groups excluding carboxylic acids is 2. The van der Waals surface area contributed by atoms with E-state index in [0.29, 0.717) is 5.56 Å². The number of benzene rings is 1. The first-order valence-electron chi connectivity index (χ1n) is 13.2. The van der Waals surface area contributed by atoms with Gasteiger partial charge in [0.05, 0.1) is 29.8 Å². The van der Waals surface area contributed by atoms with Crippen molar-refractivity contribution in [1.82, 2.24) is 20.1 Å². The van der Waals surface area contributed by atoms with Gasteiger partial charge in [-0.15, -0.1) is 22.9 Å². The highest BCUT2D eigenvalue weighted by Crippen LogP contribution is 2.34. The van der Waals surface area contributed by atoms with Crippen molar-refractivity contribution in [2.45, 2.75) is 55.6 Å². The van der Waals surface area contributed by atoms with Gasteiger partial charge in [-0.1, -0.05) is 12.1 Å². The molecule has 0 aliphatic carbocycles. The number of thiazole rings is 1. The molecule has 1 aromatic carbocycles. The number of hydrogen-bond acceptors (Lipinski definition) is 8. The van der Waals surface area contributed by atoms with Gasteiger partial charge in [-0.25, -0.2) is 9.37 Å². The van der Waals surface area contributed by atoms with E-state index in [1.54, 1.807) is 23.5 Å². The van der Waals surface area contributed by atoms with E-state index < -0.39 is 47.2 Å². The van der Waals surface area contributed by atoms with E-state index in [4.69, 9.17) is 21.3 Å². The van der Waals surface area contributed by atoms with Crippen LogP contribution >= 0.6 is 22.9 Å². The van der Waals surface area contributed by atoms with Crippen molar-refractivity contribution in [1.29, 1.82) is 0 Å². The summed E-state index contributed by atoms with van der Waals surface area (Å²) in [5.41, 5.74) is 0.353. The summed E-state index contributed by atoms with van der Waals surface area (Å²) in [5, 5.41) is 15.6. The first-order valence-corrected chi connectivity index (χ1v) is 14.6. The van der Waals surface area contributed by atoms with Crippen LogP contribution in [0.25, 0.3) is 11.3 Å². The summed E-state index contributed by atoms with van der Waals surface area (Å²) in [6.07, 6.45) is -1.59. The molecule has 12 heteroatoms. The van der Waals surface area contributed by atoms with Gasteiger partial charge < -0.3 is 29.9 Å². The summed E-state index contributed by atoms with van der Waals surface area (Å²) in [5.74, 6) is -0.964. The third-order valence-corrected chi connectivity index (χ3v) is 8.85. The van der Waals surface area contributed by atoms with Crippen LogP contribution in [-0.2, 0) is 9.53 Å². The van der Waals surface area contributed by atoms with E-state index >= 15 is 0 Å². The van der Waals surface area contributed by atoms with Gasteiger partial charge in [0.2, 0.25) is 5.91 Å². The summed E-state index contributed by atoms with van der Waals surface area (Å²) in [6.45, 7) is 6.85. The second-order valence-corrected chi connectivity index (χ2v) is 12.6. The lowest BCUT2D eigenvalue weighted by Gasteiger charge is -2.32. The molecular formula is C27H35ClFN5O4S. The van der Waals surface area contributed by atoms with Gasteiger partial charge in [0, 0.05) is 55.7 Å².